The van der Waals surface area contributed by atoms with Gasteiger partial charge >= 0.3 is 0 Å². The summed E-state index contributed by atoms with van der Waals surface area (Å²) in [5, 5.41) is 3.37. The largest absolute Gasteiger partial charge is 0.494 e. The highest BCUT2D eigenvalue weighted by Gasteiger charge is 2.06. The molecule has 0 bridgehead atoms. The summed E-state index contributed by atoms with van der Waals surface area (Å²) >= 11 is 0. The summed E-state index contributed by atoms with van der Waals surface area (Å²) in [6.07, 6.45) is 2.04. The minimum atomic E-state index is -0.338. The molecule has 0 saturated carbocycles. The summed E-state index contributed by atoms with van der Waals surface area (Å²) in [6.45, 7) is 2.12. The van der Waals surface area contributed by atoms with Crippen LogP contribution in [0.2, 0.25) is 0 Å². The first-order valence-corrected chi connectivity index (χ1v) is 6.83. The van der Waals surface area contributed by atoms with Crippen LogP contribution < -0.4 is 10.1 Å². The Morgan fingerprint density at radius 2 is 1.90 bits per heavy atom. The van der Waals surface area contributed by atoms with Crippen LogP contribution >= 0.6 is 0 Å². The van der Waals surface area contributed by atoms with Crippen molar-refractivity contribution >= 4 is 5.69 Å². The highest BCUT2D eigenvalue weighted by Crippen LogP contribution is 2.22. The molecule has 2 aromatic carbocycles. The van der Waals surface area contributed by atoms with E-state index in [1.54, 1.807) is 12.1 Å². The number of rotatable bonds is 6. The van der Waals surface area contributed by atoms with Crippen molar-refractivity contribution in [2.75, 3.05) is 12.4 Å². The van der Waals surface area contributed by atoms with Crippen LogP contribution in [0.4, 0.5) is 10.1 Å². The zero-order valence-electron chi connectivity index (χ0n) is 11.9. The van der Waals surface area contributed by atoms with Crippen molar-refractivity contribution in [3.8, 4) is 5.75 Å². The fraction of sp³-hybridized carbons (Fsp3) is 0.294. The minimum absolute atomic E-state index is 0.269. The van der Waals surface area contributed by atoms with E-state index in [1.807, 2.05) is 6.07 Å². The van der Waals surface area contributed by atoms with Gasteiger partial charge in [-0.05, 0) is 37.5 Å². The molecule has 0 amide bonds. The number of benzene rings is 2. The van der Waals surface area contributed by atoms with Gasteiger partial charge < -0.3 is 10.1 Å². The van der Waals surface area contributed by atoms with E-state index in [0.717, 1.165) is 18.5 Å². The molecule has 0 aliphatic carbocycles. The van der Waals surface area contributed by atoms with Crippen LogP contribution in [0.3, 0.4) is 0 Å². The van der Waals surface area contributed by atoms with E-state index >= 15 is 0 Å². The van der Waals surface area contributed by atoms with Crippen LogP contribution in [0, 0.1) is 5.82 Å². The maximum atomic E-state index is 13.3. The molecular formula is C17H20FNO. The smallest absolute Gasteiger partial charge is 0.165 e. The highest BCUT2D eigenvalue weighted by molar-refractivity contribution is 5.49. The molecule has 0 saturated heterocycles. The number of hydrogen-bond donors (Lipinski definition) is 1. The Labute approximate surface area is 119 Å². The number of anilines is 1. The van der Waals surface area contributed by atoms with Crippen molar-refractivity contribution in [1.29, 1.82) is 0 Å². The van der Waals surface area contributed by atoms with E-state index in [1.165, 1.54) is 18.7 Å². The molecule has 1 atom stereocenters. The van der Waals surface area contributed by atoms with E-state index in [2.05, 4.69) is 36.5 Å². The van der Waals surface area contributed by atoms with Gasteiger partial charge in [-0.2, -0.15) is 0 Å². The molecule has 0 aliphatic rings. The number of ether oxygens (including phenoxy) is 1. The highest BCUT2D eigenvalue weighted by atomic mass is 19.1. The predicted octanol–water partition coefficient (Wildman–Crippen LogP) is 4.27. The molecule has 3 heteroatoms. The Kier molecular flexibility index (Phi) is 4.99. The number of halogens is 1. The number of nitrogens with one attached hydrogen (secondary N) is 1. The van der Waals surface area contributed by atoms with Gasteiger partial charge in [0.2, 0.25) is 0 Å². The Morgan fingerprint density at radius 3 is 2.60 bits per heavy atom. The Morgan fingerprint density at radius 1 is 1.15 bits per heavy atom. The first-order valence-electron chi connectivity index (χ1n) is 6.83. The third-order valence-corrected chi connectivity index (χ3v) is 3.27. The number of aryl methyl sites for hydroxylation is 1. The Balaban J connectivity index is 1.89. The summed E-state index contributed by atoms with van der Waals surface area (Å²) in [5.74, 6) is -0.0692. The number of methoxy groups -OCH3 is 1. The molecule has 20 heavy (non-hydrogen) atoms. The van der Waals surface area contributed by atoms with Gasteiger partial charge in [0.25, 0.3) is 0 Å². The van der Waals surface area contributed by atoms with Crippen molar-refractivity contribution in [3.63, 3.8) is 0 Å². The van der Waals surface area contributed by atoms with Gasteiger partial charge in [-0.15, -0.1) is 0 Å². The Hall–Kier alpha value is -2.03. The van der Waals surface area contributed by atoms with Crippen molar-refractivity contribution in [2.45, 2.75) is 25.8 Å². The van der Waals surface area contributed by atoms with Crippen LogP contribution in [0.5, 0.6) is 5.75 Å². The van der Waals surface area contributed by atoms with Crippen LogP contribution in [-0.2, 0) is 6.42 Å². The van der Waals surface area contributed by atoms with Gasteiger partial charge in [0, 0.05) is 17.8 Å². The second-order valence-electron chi connectivity index (χ2n) is 4.92. The van der Waals surface area contributed by atoms with Crippen molar-refractivity contribution < 1.29 is 9.13 Å². The molecule has 2 nitrogen and oxygen atoms in total. The third kappa shape index (κ3) is 3.98. The average molecular weight is 273 g/mol. The van der Waals surface area contributed by atoms with Gasteiger partial charge in [0.05, 0.1) is 7.11 Å². The fourth-order valence-corrected chi connectivity index (χ4v) is 2.13. The maximum Gasteiger partial charge on any atom is 0.165 e. The predicted molar refractivity (Wildman–Crippen MR) is 80.8 cm³/mol. The van der Waals surface area contributed by atoms with Crippen LogP contribution in [-0.4, -0.2) is 13.2 Å². The lowest BCUT2D eigenvalue weighted by Gasteiger charge is -2.16. The van der Waals surface area contributed by atoms with E-state index in [4.69, 9.17) is 4.74 Å². The first kappa shape index (κ1) is 14.4. The van der Waals surface area contributed by atoms with Gasteiger partial charge in [-0.25, -0.2) is 4.39 Å². The second kappa shape index (κ2) is 6.94. The molecule has 0 heterocycles. The van der Waals surface area contributed by atoms with E-state index < -0.39 is 0 Å². The van der Waals surface area contributed by atoms with Crippen LogP contribution in [0.15, 0.2) is 48.5 Å². The minimum Gasteiger partial charge on any atom is -0.494 e. The number of hydrogen-bond acceptors (Lipinski definition) is 2. The summed E-state index contributed by atoms with van der Waals surface area (Å²) in [5.41, 5.74) is 2.21. The molecular weight excluding hydrogens is 253 g/mol. The molecule has 1 unspecified atom stereocenters. The molecule has 2 aromatic rings. The van der Waals surface area contributed by atoms with Crippen molar-refractivity contribution in [3.05, 3.63) is 59.9 Å². The van der Waals surface area contributed by atoms with E-state index in [9.17, 15) is 4.39 Å². The van der Waals surface area contributed by atoms with Gasteiger partial charge in [0.1, 0.15) is 0 Å². The van der Waals surface area contributed by atoms with Gasteiger partial charge in [-0.3, -0.25) is 0 Å². The van der Waals surface area contributed by atoms with Gasteiger partial charge in [-0.1, -0.05) is 30.3 Å². The standard InChI is InChI=1S/C17H20FNO/c1-13(8-9-14-6-4-3-5-7-14)19-15-10-11-16(18)17(12-15)20-2/h3-7,10-13,19H,8-9H2,1-2H3. The lowest BCUT2D eigenvalue weighted by atomic mass is 10.1. The molecule has 0 aromatic heterocycles. The fourth-order valence-electron chi connectivity index (χ4n) is 2.13. The summed E-state index contributed by atoms with van der Waals surface area (Å²) in [4.78, 5) is 0. The molecule has 0 radical (unpaired) electrons. The van der Waals surface area contributed by atoms with E-state index in [-0.39, 0.29) is 11.6 Å². The SMILES string of the molecule is COc1cc(NC(C)CCc2ccccc2)ccc1F. The van der Waals surface area contributed by atoms with Crippen LogP contribution in [0.1, 0.15) is 18.9 Å². The lowest BCUT2D eigenvalue weighted by molar-refractivity contribution is 0.386. The zero-order chi connectivity index (χ0) is 14.4. The molecule has 1 N–H and O–H groups in total. The topological polar surface area (TPSA) is 21.3 Å². The second-order valence-corrected chi connectivity index (χ2v) is 4.92. The first-order chi connectivity index (χ1) is 9.69. The van der Waals surface area contributed by atoms with Gasteiger partial charge in [0.15, 0.2) is 11.6 Å². The van der Waals surface area contributed by atoms with Crippen LogP contribution in [0.25, 0.3) is 0 Å². The lowest BCUT2D eigenvalue weighted by Crippen LogP contribution is -2.16. The average Bonchev–Trinajstić information content (AvgIpc) is 2.48. The summed E-state index contributed by atoms with van der Waals surface area (Å²) in [7, 11) is 1.47. The molecule has 0 spiro atoms. The van der Waals surface area contributed by atoms with Crippen molar-refractivity contribution in [2.24, 2.45) is 0 Å². The summed E-state index contributed by atoms with van der Waals surface area (Å²) < 4.78 is 18.3. The molecule has 106 valence electrons. The molecule has 0 aliphatic heterocycles. The monoisotopic (exact) mass is 273 g/mol. The third-order valence-electron chi connectivity index (χ3n) is 3.27. The van der Waals surface area contributed by atoms with Crippen molar-refractivity contribution in [1.82, 2.24) is 0 Å². The Bertz CT molecular complexity index is 542. The summed E-state index contributed by atoms with van der Waals surface area (Å²) in [6, 6.07) is 15.6. The van der Waals surface area contributed by atoms with E-state index in [0.29, 0.717) is 6.04 Å². The zero-order valence-corrected chi connectivity index (χ0v) is 11.9. The normalized spacial score (nSPS) is 11.9. The maximum absolute atomic E-state index is 13.3. The molecule has 2 rings (SSSR count). The quantitative estimate of drug-likeness (QED) is 0.848. The molecule has 0 fully saturated rings.